The minimum Gasteiger partial charge on any atom is -0.300 e. The summed E-state index contributed by atoms with van der Waals surface area (Å²) in [5, 5.41) is 0. The maximum absolute atomic E-state index is 12.4. The molecule has 22 heavy (non-hydrogen) atoms. The fourth-order valence-electron chi connectivity index (χ4n) is 2.82. The van der Waals surface area contributed by atoms with Gasteiger partial charge in [-0.15, -0.1) is 0 Å². The highest BCUT2D eigenvalue weighted by atomic mass is 19.1. The summed E-state index contributed by atoms with van der Waals surface area (Å²) >= 11 is 0. The van der Waals surface area contributed by atoms with Gasteiger partial charge in [-0.05, 0) is 41.0 Å². The number of pyridine rings is 1. The highest BCUT2D eigenvalue weighted by Crippen LogP contribution is 2.25. The first-order chi connectivity index (χ1) is 10.8. The summed E-state index contributed by atoms with van der Waals surface area (Å²) in [6, 6.07) is 20.4. The molecule has 0 N–H and O–H groups in total. The number of alkyl halides is 1. The highest BCUT2D eigenvalue weighted by molar-refractivity contribution is 5.85. The first-order valence-electron chi connectivity index (χ1n) is 7.37. The summed E-state index contributed by atoms with van der Waals surface area (Å²) in [6.45, 7) is -0.313. The Balaban J connectivity index is 1.80. The van der Waals surface area contributed by atoms with Crippen LogP contribution < -0.4 is 0 Å². The molecule has 0 atom stereocenters. The minimum absolute atomic E-state index is 0.313. The second-order valence-corrected chi connectivity index (χ2v) is 5.38. The Morgan fingerprint density at radius 1 is 0.909 bits per heavy atom. The van der Waals surface area contributed by atoms with Crippen LogP contribution in [0.15, 0.2) is 66.9 Å². The minimum atomic E-state index is -0.313. The standard InChI is InChI=1S/C19H15FN2/c20-11-10-14-4-6-15(7-5-14)16-8-9-18-17(13-16)21-19-3-1-2-12-22(18)19/h1-9,12-13H,10-11H2. The van der Waals surface area contributed by atoms with E-state index in [0.717, 1.165) is 33.4 Å². The number of imidazole rings is 1. The number of aryl methyl sites for hydroxylation is 1. The zero-order valence-corrected chi connectivity index (χ0v) is 12.0. The van der Waals surface area contributed by atoms with Gasteiger partial charge in [0.2, 0.25) is 0 Å². The molecule has 0 spiro atoms. The van der Waals surface area contributed by atoms with E-state index in [9.17, 15) is 4.39 Å². The van der Waals surface area contributed by atoms with Gasteiger partial charge in [-0.3, -0.25) is 8.79 Å². The monoisotopic (exact) mass is 290 g/mol. The SMILES string of the molecule is FCCc1ccc(-c2ccc3c(c2)nc2ccccn23)cc1. The Morgan fingerprint density at radius 3 is 2.55 bits per heavy atom. The van der Waals surface area contributed by atoms with Crippen molar-refractivity contribution in [3.05, 3.63) is 72.4 Å². The molecular formula is C19H15FN2. The van der Waals surface area contributed by atoms with E-state index < -0.39 is 0 Å². The van der Waals surface area contributed by atoms with Crippen molar-refractivity contribution >= 4 is 16.7 Å². The first-order valence-corrected chi connectivity index (χ1v) is 7.37. The average molecular weight is 290 g/mol. The molecule has 0 aliphatic rings. The van der Waals surface area contributed by atoms with Crippen LogP contribution >= 0.6 is 0 Å². The molecule has 4 rings (SSSR count). The van der Waals surface area contributed by atoms with Gasteiger partial charge in [0.25, 0.3) is 0 Å². The van der Waals surface area contributed by atoms with Crippen LogP contribution in [-0.2, 0) is 6.42 Å². The van der Waals surface area contributed by atoms with Crippen LogP contribution in [0.4, 0.5) is 4.39 Å². The van der Waals surface area contributed by atoms with Crippen molar-refractivity contribution in [1.82, 2.24) is 9.38 Å². The molecule has 2 aromatic heterocycles. The summed E-state index contributed by atoms with van der Waals surface area (Å²) < 4.78 is 14.5. The van der Waals surface area contributed by atoms with Crippen LogP contribution in [0.5, 0.6) is 0 Å². The number of aromatic nitrogens is 2. The molecule has 0 radical (unpaired) electrons. The third-order valence-corrected chi connectivity index (χ3v) is 3.98. The lowest BCUT2D eigenvalue weighted by Gasteiger charge is -2.04. The Kier molecular flexibility index (Phi) is 3.11. The van der Waals surface area contributed by atoms with Crippen LogP contribution in [0.2, 0.25) is 0 Å². The largest absolute Gasteiger partial charge is 0.300 e. The van der Waals surface area contributed by atoms with Crippen molar-refractivity contribution in [3.63, 3.8) is 0 Å². The van der Waals surface area contributed by atoms with Crippen LogP contribution in [0.3, 0.4) is 0 Å². The Bertz CT molecular complexity index is 939. The summed E-state index contributed by atoms with van der Waals surface area (Å²) in [5.41, 5.74) is 6.32. The van der Waals surface area contributed by atoms with Gasteiger partial charge < -0.3 is 0 Å². The predicted octanol–water partition coefficient (Wildman–Crippen LogP) is 4.67. The molecule has 3 heteroatoms. The van der Waals surface area contributed by atoms with E-state index in [1.807, 2.05) is 48.7 Å². The number of hydrogen-bond acceptors (Lipinski definition) is 1. The molecule has 2 heterocycles. The smallest absolute Gasteiger partial charge is 0.137 e. The van der Waals surface area contributed by atoms with E-state index in [1.165, 1.54) is 0 Å². The number of halogens is 1. The van der Waals surface area contributed by atoms with Gasteiger partial charge in [-0.25, -0.2) is 4.98 Å². The van der Waals surface area contributed by atoms with E-state index in [-0.39, 0.29) is 6.67 Å². The van der Waals surface area contributed by atoms with Gasteiger partial charge in [0.05, 0.1) is 17.7 Å². The van der Waals surface area contributed by atoms with Crippen molar-refractivity contribution in [1.29, 1.82) is 0 Å². The molecule has 0 aliphatic heterocycles. The third-order valence-electron chi connectivity index (χ3n) is 3.98. The van der Waals surface area contributed by atoms with Crippen LogP contribution in [0.25, 0.3) is 27.8 Å². The van der Waals surface area contributed by atoms with Crippen molar-refractivity contribution in [2.24, 2.45) is 0 Å². The topological polar surface area (TPSA) is 17.3 Å². The fourth-order valence-corrected chi connectivity index (χ4v) is 2.82. The molecule has 4 aromatic rings. The van der Waals surface area contributed by atoms with E-state index in [4.69, 9.17) is 0 Å². The van der Waals surface area contributed by atoms with Gasteiger partial charge in [-0.2, -0.15) is 0 Å². The number of nitrogens with zero attached hydrogens (tertiary/aromatic N) is 2. The molecule has 108 valence electrons. The van der Waals surface area contributed by atoms with Crippen molar-refractivity contribution in [3.8, 4) is 11.1 Å². The Labute approximate surface area is 127 Å². The second-order valence-electron chi connectivity index (χ2n) is 5.38. The Morgan fingerprint density at radius 2 is 1.73 bits per heavy atom. The maximum atomic E-state index is 12.4. The van der Waals surface area contributed by atoms with Crippen LogP contribution in [0.1, 0.15) is 5.56 Å². The lowest BCUT2D eigenvalue weighted by atomic mass is 10.0. The molecule has 0 unspecified atom stereocenters. The van der Waals surface area contributed by atoms with Gasteiger partial charge in [-0.1, -0.05) is 36.4 Å². The average Bonchev–Trinajstić information content (AvgIpc) is 2.93. The zero-order chi connectivity index (χ0) is 14.9. The summed E-state index contributed by atoms with van der Waals surface area (Å²) in [6.07, 6.45) is 2.50. The summed E-state index contributed by atoms with van der Waals surface area (Å²) in [5.74, 6) is 0. The zero-order valence-electron chi connectivity index (χ0n) is 12.0. The molecule has 0 aliphatic carbocycles. The number of fused-ring (bicyclic) bond motifs is 3. The molecule has 2 nitrogen and oxygen atoms in total. The van der Waals surface area contributed by atoms with Gasteiger partial charge in [0.15, 0.2) is 0 Å². The maximum Gasteiger partial charge on any atom is 0.137 e. The fraction of sp³-hybridized carbons (Fsp3) is 0.105. The predicted molar refractivity (Wildman–Crippen MR) is 87.8 cm³/mol. The lowest BCUT2D eigenvalue weighted by Crippen LogP contribution is -1.86. The Hall–Kier alpha value is -2.68. The quantitative estimate of drug-likeness (QED) is 0.536. The van der Waals surface area contributed by atoms with Gasteiger partial charge in [0, 0.05) is 12.6 Å². The molecule has 0 amide bonds. The highest BCUT2D eigenvalue weighted by Gasteiger charge is 2.06. The number of rotatable bonds is 3. The van der Waals surface area contributed by atoms with E-state index in [0.29, 0.717) is 6.42 Å². The van der Waals surface area contributed by atoms with Gasteiger partial charge in [0.1, 0.15) is 5.65 Å². The van der Waals surface area contributed by atoms with E-state index in [1.54, 1.807) is 0 Å². The second kappa shape index (κ2) is 5.26. The summed E-state index contributed by atoms with van der Waals surface area (Å²) in [7, 11) is 0. The third kappa shape index (κ3) is 2.15. The van der Waals surface area contributed by atoms with Crippen LogP contribution in [-0.4, -0.2) is 16.1 Å². The van der Waals surface area contributed by atoms with Crippen LogP contribution in [0, 0.1) is 0 Å². The molecule has 0 fully saturated rings. The molecular weight excluding hydrogens is 275 g/mol. The van der Waals surface area contributed by atoms with E-state index in [2.05, 4.69) is 27.6 Å². The van der Waals surface area contributed by atoms with Gasteiger partial charge >= 0.3 is 0 Å². The normalized spacial score (nSPS) is 11.3. The lowest BCUT2D eigenvalue weighted by molar-refractivity contribution is 0.495. The number of hydrogen-bond donors (Lipinski definition) is 0. The summed E-state index contributed by atoms with van der Waals surface area (Å²) in [4.78, 5) is 4.66. The van der Waals surface area contributed by atoms with Crippen molar-refractivity contribution in [2.45, 2.75) is 6.42 Å². The molecule has 0 saturated heterocycles. The van der Waals surface area contributed by atoms with Crippen molar-refractivity contribution < 1.29 is 4.39 Å². The first kappa shape index (κ1) is 13.0. The molecule has 0 saturated carbocycles. The number of benzene rings is 2. The molecule has 2 aromatic carbocycles. The van der Waals surface area contributed by atoms with Crippen molar-refractivity contribution in [2.75, 3.05) is 6.67 Å². The molecule has 0 bridgehead atoms. The van der Waals surface area contributed by atoms with E-state index >= 15 is 0 Å².